The Bertz CT molecular complexity index is 792. The summed E-state index contributed by atoms with van der Waals surface area (Å²) in [6.45, 7) is 3.56. The molecule has 1 aromatic heterocycles. The molecule has 5 nitrogen and oxygen atoms in total. The average Bonchev–Trinajstić information content (AvgIpc) is 2.31. The zero-order valence-electron chi connectivity index (χ0n) is 11.0. The normalized spacial score (nSPS) is 11.5. The average molecular weight is 456 g/mol. The Balaban J connectivity index is 2.45. The van der Waals surface area contributed by atoms with Crippen LogP contribution in [0.5, 0.6) is 0 Å². The van der Waals surface area contributed by atoms with Crippen molar-refractivity contribution < 1.29 is 8.42 Å². The van der Waals surface area contributed by atoms with E-state index in [4.69, 9.17) is 11.6 Å². The minimum Gasteiger partial charge on any atom is -0.247 e. The molecule has 1 N–H and O–H groups in total. The number of anilines is 1. The van der Waals surface area contributed by atoms with Crippen molar-refractivity contribution in [1.82, 2.24) is 9.97 Å². The van der Waals surface area contributed by atoms with Crippen molar-refractivity contribution in [3.05, 3.63) is 43.6 Å². The minimum atomic E-state index is -3.83. The van der Waals surface area contributed by atoms with Crippen molar-refractivity contribution in [2.45, 2.75) is 18.7 Å². The highest BCUT2D eigenvalue weighted by molar-refractivity contribution is 9.11. The molecule has 2 rings (SSSR count). The number of benzene rings is 1. The van der Waals surface area contributed by atoms with Gasteiger partial charge in [-0.15, -0.1) is 0 Å². The first-order valence-electron chi connectivity index (χ1n) is 5.69. The molecule has 0 bridgehead atoms. The fourth-order valence-electron chi connectivity index (χ4n) is 1.58. The van der Waals surface area contributed by atoms with Crippen LogP contribution in [0.25, 0.3) is 0 Å². The third kappa shape index (κ3) is 3.94. The summed E-state index contributed by atoms with van der Waals surface area (Å²) in [6.07, 6.45) is 0. The second-order valence-electron chi connectivity index (χ2n) is 4.29. The molecule has 0 amide bonds. The van der Waals surface area contributed by atoms with Gasteiger partial charge < -0.3 is 0 Å². The SMILES string of the molecule is Cc1cc(Cl)nc(NS(=O)(=O)c2cc(Br)c(C)cc2Br)n1. The fraction of sp³-hybridized carbons (Fsp3) is 0.167. The minimum absolute atomic E-state index is 0.0661. The molecule has 0 atom stereocenters. The van der Waals surface area contributed by atoms with Crippen LogP contribution in [-0.4, -0.2) is 18.4 Å². The maximum atomic E-state index is 12.4. The molecule has 2 aromatic rings. The van der Waals surface area contributed by atoms with Crippen LogP contribution in [-0.2, 0) is 10.0 Å². The largest absolute Gasteiger partial charge is 0.265 e. The van der Waals surface area contributed by atoms with Gasteiger partial charge in [-0.25, -0.2) is 23.1 Å². The molecule has 112 valence electrons. The van der Waals surface area contributed by atoms with Crippen molar-refractivity contribution >= 4 is 59.4 Å². The van der Waals surface area contributed by atoms with E-state index in [-0.39, 0.29) is 16.0 Å². The molecule has 0 aliphatic rings. The molecule has 0 saturated carbocycles. The molecule has 0 spiro atoms. The standard InChI is InChI=1S/C12H10Br2ClN3O2S/c1-6-3-9(14)10(5-8(6)13)21(19,20)18-12-16-7(2)4-11(15)17-12/h3-5H,1-2H3,(H,16,17,18). The molecular weight excluding hydrogens is 445 g/mol. The van der Waals surface area contributed by atoms with Gasteiger partial charge in [-0.3, -0.25) is 0 Å². The van der Waals surface area contributed by atoms with E-state index >= 15 is 0 Å². The van der Waals surface area contributed by atoms with E-state index in [0.717, 1.165) is 5.56 Å². The molecule has 21 heavy (non-hydrogen) atoms. The van der Waals surface area contributed by atoms with Crippen molar-refractivity contribution in [3.63, 3.8) is 0 Å². The van der Waals surface area contributed by atoms with Gasteiger partial charge in [-0.2, -0.15) is 0 Å². The van der Waals surface area contributed by atoms with E-state index in [9.17, 15) is 8.42 Å². The molecule has 1 heterocycles. The first kappa shape index (κ1) is 16.7. The monoisotopic (exact) mass is 453 g/mol. The number of hydrogen-bond acceptors (Lipinski definition) is 4. The zero-order chi connectivity index (χ0) is 15.8. The van der Waals surface area contributed by atoms with Crippen molar-refractivity contribution in [3.8, 4) is 0 Å². The molecule has 0 aliphatic heterocycles. The summed E-state index contributed by atoms with van der Waals surface area (Å²) in [4.78, 5) is 7.94. The number of sulfonamides is 1. The summed E-state index contributed by atoms with van der Waals surface area (Å²) in [5.74, 6) is -0.0661. The fourth-order valence-corrected chi connectivity index (χ4v) is 4.45. The van der Waals surface area contributed by atoms with Gasteiger partial charge in [-0.05, 0) is 53.5 Å². The van der Waals surface area contributed by atoms with E-state index in [0.29, 0.717) is 14.6 Å². The van der Waals surface area contributed by atoms with E-state index in [2.05, 4.69) is 46.5 Å². The maximum Gasteiger partial charge on any atom is 0.265 e. The van der Waals surface area contributed by atoms with Crippen LogP contribution in [0, 0.1) is 13.8 Å². The lowest BCUT2D eigenvalue weighted by molar-refractivity contribution is 0.600. The quantitative estimate of drug-likeness (QED) is 0.708. The van der Waals surface area contributed by atoms with Gasteiger partial charge in [0.2, 0.25) is 5.95 Å². The number of rotatable bonds is 3. The molecule has 0 radical (unpaired) electrons. The van der Waals surface area contributed by atoms with Crippen LogP contribution in [0.1, 0.15) is 11.3 Å². The van der Waals surface area contributed by atoms with Gasteiger partial charge in [-0.1, -0.05) is 27.5 Å². The van der Waals surface area contributed by atoms with Gasteiger partial charge in [0.25, 0.3) is 10.0 Å². The Morgan fingerprint density at radius 3 is 2.38 bits per heavy atom. The molecule has 0 saturated heterocycles. The molecule has 0 fully saturated rings. The van der Waals surface area contributed by atoms with Gasteiger partial charge >= 0.3 is 0 Å². The van der Waals surface area contributed by atoms with E-state index in [1.165, 1.54) is 12.1 Å². The van der Waals surface area contributed by atoms with Crippen LogP contribution in [0.15, 0.2) is 32.0 Å². The highest BCUT2D eigenvalue weighted by Gasteiger charge is 2.20. The van der Waals surface area contributed by atoms with E-state index < -0.39 is 10.0 Å². The summed E-state index contributed by atoms with van der Waals surface area (Å²) >= 11 is 12.4. The zero-order valence-corrected chi connectivity index (χ0v) is 15.7. The molecule has 0 unspecified atom stereocenters. The van der Waals surface area contributed by atoms with E-state index in [1.807, 2.05) is 6.92 Å². The van der Waals surface area contributed by atoms with Crippen molar-refractivity contribution in [2.24, 2.45) is 0 Å². The molecule has 0 aliphatic carbocycles. The van der Waals surface area contributed by atoms with Gasteiger partial charge in [0, 0.05) is 14.6 Å². The Morgan fingerprint density at radius 2 is 1.76 bits per heavy atom. The van der Waals surface area contributed by atoms with Crippen LogP contribution in [0.3, 0.4) is 0 Å². The lowest BCUT2D eigenvalue weighted by Crippen LogP contribution is -2.16. The Labute approximate surface area is 144 Å². The summed E-state index contributed by atoms with van der Waals surface area (Å²) in [6, 6.07) is 4.76. The summed E-state index contributed by atoms with van der Waals surface area (Å²) in [5.41, 5.74) is 1.48. The highest BCUT2D eigenvalue weighted by Crippen LogP contribution is 2.29. The van der Waals surface area contributed by atoms with Gasteiger partial charge in [0.1, 0.15) is 10.0 Å². The van der Waals surface area contributed by atoms with Crippen molar-refractivity contribution in [1.29, 1.82) is 0 Å². The second-order valence-corrected chi connectivity index (χ2v) is 8.04. The van der Waals surface area contributed by atoms with Crippen LogP contribution >= 0.6 is 43.5 Å². The van der Waals surface area contributed by atoms with E-state index in [1.54, 1.807) is 13.0 Å². The maximum absolute atomic E-state index is 12.4. The smallest absolute Gasteiger partial charge is 0.247 e. The number of aryl methyl sites for hydroxylation is 2. The van der Waals surface area contributed by atoms with Crippen LogP contribution in [0.2, 0.25) is 5.15 Å². The number of halogens is 3. The lowest BCUT2D eigenvalue weighted by atomic mass is 10.2. The van der Waals surface area contributed by atoms with Crippen LogP contribution in [0.4, 0.5) is 5.95 Å². The summed E-state index contributed by atoms with van der Waals surface area (Å²) in [5, 5.41) is 0.171. The van der Waals surface area contributed by atoms with Crippen molar-refractivity contribution in [2.75, 3.05) is 4.72 Å². The predicted octanol–water partition coefficient (Wildman–Crippen LogP) is 4.07. The Kier molecular flexibility index (Phi) is 4.92. The lowest BCUT2D eigenvalue weighted by Gasteiger charge is -2.10. The molecule has 1 aromatic carbocycles. The predicted molar refractivity (Wildman–Crippen MR) is 89.2 cm³/mol. The number of nitrogens with zero attached hydrogens (tertiary/aromatic N) is 2. The Hall–Kier alpha value is -0.700. The molecular formula is C12H10Br2ClN3O2S. The number of nitrogens with one attached hydrogen (secondary N) is 1. The van der Waals surface area contributed by atoms with Gasteiger partial charge in [0.15, 0.2) is 0 Å². The Morgan fingerprint density at radius 1 is 1.10 bits per heavy atom. The molecule has 9 heteroatoms. The first-order valence-corrected chi connectivity index (χ1v) is 9.13. The topological polar surface area (TPSA) is 72.0 Å². The number of hydrogen-bond donors (Lipinski definition) is 1. The van der Waals surface area contributed by atoms with Crippen LogP contribution < -0.4 is 4.72 Å². The summed E-state index contributed by atoms with van der Waals surface area (Å²) < 4.78 is 28.3. The first-order chi connectivity index (χ1) is 9.69. The number of aromatic nitrogens is 2. The summed E-state index contributed by atoms with van der Waals surface area (Å²) in [7, 11) is -3.83. The highest BCUT2D eigenvalue weighted by atomic mass is 79.9. The van der Waals surface area contributed by atoms with Gasteiger partial charge in [0.05, 0.1) is 0 Å². The third-order valence-corrected chi connectivity index (χ3v) is 5.89. The second kappa shape index (κ2) is 6.20. The third-order valence-electron chi connectivity index (χ3n) is 2.55.